The number of nitrogens with zero attached hydrogens (tertiary/aromatic N) is 1. The standard InChI is InChI=1S/C15H14ClFN2/c16-13-3-1-11(15(17)6-13)8-19-7-10-2-4-14(18)5-12(10)9-19/h1-6H,7-9,18H2. The van der Waals surface area contributed by atoms with Crippen LogP contribution in [0.15, 0.2) is 36.4 Å². The highest BCUT2D eigenvalue weighted by molar-refractivity contribution is 6.30. The molecule has 0 atom stereocenters. The maximum absolute atomic E-state index is 13.8. The molecule has 98 valence electrons. The van der Waals surface area contributed by atoms with Crippen molar-refractivity contribution in [2.45, 2.75) is 19.6 Å². The summed E-state index contributed by atoms with van der Waals surface area (Å²) in [7, 11) is 0. The van der Waals surface area contributed by atoms with E-state index in [1.807, 2.05) is 18.2 Å². The molecule has 19 heavy (non-hydrogen) atoms. The maximum atomic E-state index is 13.8. The van der Waals surface area contributed by atoms with E-state index in [1.165, 1.54) is 17.2 Å². The quantitative estimate of drug-likeness (QED) is 0.850. The summed E-state index contributed by atoms with van der Waals surface area (Å²) in [6, 6.07) is 10.8. The molecule has 0 saturated heterocycles. The highest BCUT2D eigenvalue weighted by atomic mass is 35.5. The zero-order chi connectivity index (χ0) is 13.4. The Labute approximate surface area is 116 Å². The van der Waals surface area contributed by atoms with Gasteiger partial charge in [-0.3, -0.25) is 4.90 Å². The number of nitrogen functional groups attached to an aromatic ring is 1. The normalized spacial score (nSPS) is 14.6. The molecule has 0 bridgehead atoms. The first kappa shape index (κ1) is 12.5. The molecule has 2 aromatic carbocycles. The molecule has 2 nitrogen and oxygen atoms in total. The lowest BCUT2D eigenvalue weighted by atomic mass is 10.1. The molecule has 0 fully saturated rings. The van der Waals surface area contributed by atoms with Crippen molar-refractivity contribution in [3.8, 4) is 0 Å². The van der Waals surface area contributed by atoms with Crippen LogP contribution in [0.2, 0.25) is 5.02 Å². The lowest BCUT2D eigenvalue weighted by molar-refractivity contribution is 0.271. The zero-order valence-electron chi connectivity index (χ0n) is 10.4. The molecule has 0 aliphatic carbocycles. The van der Waals surface area contributed by atoms with Crippen LogP contribution in [-0.2, 0) is 19.6 Å². The predicted molar refractivity (Wildman–Crippen MR) is 75.2 cm³/mol. The van der Waals surface area contributed by atoms with Crippen LogP contribution >= 0.6 is 11.6 Å². The summed E-state index contributed by atoms with van der Waals surface area (Å²) in [5, 5.41) is 0.429. The Kier molecular flexibility index (Phi) is 3.17. The van der Waals surface area contributed by atoms with Gasteiger partial charge in [-0.2, -0.15) is 0 Å². The van der Waals surface area contributed by atoms with Crippen molar-refractivity contribution in [3.63, 3.8) is 0 Å². The number of halogens is 2. The summed E-state index contributed by atoms with van der Waals surface area (Å²) in [6.45, 7) is 2.22. The second-order valence-corrected chi connectivity index (χ2v) is 5.35. The SMILES string of the molecule is Nc1ccc2c(c1)CN(Cc1ccc(Cl)cc1F)C2. The van der Waals surface area contributed by atoms with E-state index in [9.17, 15) is 4.39 Å². The molecule has 3 rings (SSSR count). The van der Waals surface area contributed by atoms with E-state index >= 15 is 0 Å². The van der Waals surface area contributed by atoms with Crippen LogP contribution in [0.25, 0.3) is 0 Å². The summed E-state index contributed by atoms with van der Waals surface area (Å²) < 4.78 is 13.8. The summed E-state index contributed by atoms with van der Waals surface area (Å²) in [5.74, 6) is -0.247. The average Bonchev–Trinajstić information content (AvgIpc) is 2.74. The number of fused-ring (bicyclic) bond motifs is 1. The third kappa shape index (κ3) is 2.57. The van der Waals surface area contributed by atoms with Gasteiger partial charge >= 0.3 is 0 Å². The molecular formula is C15H14ClFN2. The van der Waals surface area contributed by atoms with Gasteiger partial charge in [-0.15, -0.1) is 0 Å². The zero-order valence-corrected chi connectivity index (χ0v) is 11.1. The van der Waals surface area contributed by atoms with Crippen LogP contribution in [0.1, 0.15) is 16.7 Å². The number of hydrogen-bond acceptors (Lipinski definition) is 2. The van der Waals surface area contributed by atoms with Crippen molar-refractivity contribution in [2.75, 3.05) is 5.73 Å². The van der Waals surface area contributed by atoms with E-state index in [2.05, 4.69) is 4.90 Å². The second-order valence-electron chi connectivity index (χ2n) is 4.91. The van der Waals surface area contributed by atoms with Gasteiger partial charge in [-0.05, 0) is 35.4 Å². The third-order valence-corrected chi connectivity index (χ3v) is 3.66. The predicted octanol–water partition coefficient (Wildman–Crippen LogP) is 3.58. The molecule has 4 heteroatoms. The highest BCUT2D eigenvalue weighted by Gasteiger charge is 2.19. The Morgan fingerprint density at radius 3 is 2.68 bits per heavy atom. The van der Waals surface area contributed by atoms with Gasteiger partial charge in [0.15, 0.2) is 0 Å². The molecule has 1 aliphatic heterocycles. The Bertz CT molecular complexity index is 628. The first-order valence-corrected chi connectivity index (χ1v) is 6.53. The minimum atomic E-state index is -0.247. The van der Waals surface area contributed by atoms with Crippen LogP contribution < -0.4 is 5.73 Å². The summed E-state index contributed by atoms with van der Waals surface area (Å²) in [5.41, 5.74) is 9.72. The van der Waals surface area contributed by atoms with Crippen LogP contribution in [0.5, 0.6) is 0 Å². The largest absolute Gasteiger partial charge is 0.399 e. The van der Waals surface area contributed by atoms with Crippen molar-refractivity contribution < 1.29 is 4.39 Å². The topological polar surface area (TPSA) is 29.3 Å². The van der Waals surface area contributed by atoms with Gasteiger partial charge in [0.1, 0.15) is 5.82 Å². The van der Waals surface area contributed by atoms with E-state index in [1.54, 1.807) is 12.1 Å². The molecular weight excluding hydrogens is 263 g/mol. The average molecular weight is 277 g/mol. The van der Waals surface area contributed by atoms with E-state index < -0.39 is 0 Å². The van der Waals surface area contributed by atoms with Crippen molar-refractivity contribution in [1.82, 2.24) is 4.90 Å². The molecule has 0 spiro atoms. The fourth-order valence-corrected chi connectivity index (χ4v) is 2.65. The maximum Gasteiger partial charge on any atom is 0.129 e. The van der Waals surface area contributed by atoms with Gasteiger partial charge in [0.25, 0.3) is 0 Å². The molecule has 0 amide bonds. The van der Waals surface area contributed by atoms with Gasteiger partial charge in [0.05, 0.1) is 0 Å². The first-order valence-electron chi connectivity index (χ1n) is 6.15. The molecule has 0 saturated carbocycles. The van der Waals surface area contributed by atoms with Crippen LogP contribution in [0, 0.1) is 5.82 Å². The Balaban J connectivity index is 1.77. The number of rotatable bonds is 2. The summed E-state index contributed by atoms with van der Waals surface area (Å²) in [6.07, 6.45) is 0. The van der Waals surface area contributed by atoms with Gasteiger partial charge in [-0.25, -0.2) is 4.39 Å². The molecule has 2 N–H and O–H groups in total. The van der Waals surface area contributed by atoms with E-state index in [0.29, 0.717) is 17.1 Å². The van der Waals surface area contributed by atoms with Crippen molar-refractivity contribution in [3.05, 3.63) is 63.9 Å². The smallest absolute Gasteiger partial charge is 0.129 e. The molecule has 1 heterocycles. The summed E-state index contributed by atoms with van der Waals surface area (Å²) >= 11 is 5.76. The van der Waals surface area contributed by atoms with E-state index in [-0.39, 0.29) is 5.82 Å². The molecule has 2 aromatic rings. The fourth-order valence-electron chi connectivity index (χ4n) is 2.49. The van der Waals surface area contributed by atoms with Gasteiger partial charge in [0.2, 0.25) is 0 Å². The van der Waals surface area contributed by atoms with E-state index in [4.69, 9.17) is 17.3 Å². The molecule has 0 aromatic heterocycles. The van der Waals surface area contributed by atoms with Crippen molar-refractivity contribution in [1.29, 1.82) is 0 Å². The molecule has 0 radical (unpaired) electrons. The first-order chi connectivity index (χ1) is 9.11. The minimum Gasteiger partial charge on any atom is -0.399 e. The second kappa shape index (κ2) is 4.83. The molecule has 0 unspecified atom stereocenters. The molecule has 1 aliphatic rings. The third-order valence-electron chi connectivity index (χ3n) is 3.43. The van der Waals surface area contributed by atoms with Crippen molar-refractivity contribution in [2.24, 2.45) is 0 Å². The highest BCUT2D eigenvalue weighted by Crippen LogP contribution is 2.27. The van der Waals surface area contributed by atoms with Gasteiger partial charge in [0, 0.05) is 35.9 Å². The number of anilines is 1. The number of nitrogens with two attached hydrogens (primary N) is 1. The monoisotopic (exact) mass is 276 g/mol. The summed E-state index contributed by atoms with van der Waals surface area (Å²) in [4.78, 5) is 2.19. The van der Waals surface area contributed by atoms with Crippen LogP contribution in [-0.4, -0.2) is 4.90 Å². The van der Waals surface area contributed by atoms with E-state index in [0.717, 1.165) is 18.8 Å². The number of benzene rings is 2. The van der Waals surface area contributed by atoms with Crippen LogP contribution in [0.3, 0.4) is 0 Å². The Morgan fingerprint density at radius 2 is 1.89 bits per heavy atom. The van der Waals surface area contributed by atoms with Gasteiger partial charge in [-0.1, -0.05) is 23.7 Å². The Morgan fingerprint density at radius 1 is 1.11 bits per heavy atom. The lowest BCUT2D eigenvalue weighted by Crippen LogP contribution is -2.16. The minimum absolute atomic E-state index is 0.247. The Hall–Kier alpha value is -1.58. The number of hydrogen-bond donors (Lipinski definition) is 1. The van der Waals surface area contributed by atoms with Gasteiger partial charge < -0.3 is 5.73 Å². The lowest BCUT2D eigenvalue weighted by Gasteiger charge is -2.15. The fraction of sp³-hybridized carbons (Fsp3) is 0.200. The van der Waals surface area contributed by atoms with Crippen molar-refractivity contribution >= 4 is 17.3 Å². The van der Waals surface area contributed by atoms with Crippen LogP contribution in [0.4, 0.5) is 10.1 Å².